The van der Waals surface area contributed by atoms with Gasteiger partial charge in [0.05, 0.1) is 6.54 Å². The summed E-state index contributed by atoms with van der Waals surface area (Å²) in [5.74, 6) is 0. The molecule has 0 saturated heterocycles. The molecule has 0 aliphatic heterocycles. The molecule has 0 amide bonds. The van der Waals surface area contributed by atoms with Crippen LogP contribution in [0.3, 0.4) is 0 Å². The van der Waals surface area contributed by atoms with Crippen LogP contribution in [0.15, 0.2) is 31.4 Å². The summed E-state index contributed by atoms with van der Waals surface area (Å²) in [5, 5.41) is 0. The smallest absolute Gasteiger partial charge is 0.241 e. The SMILES string of the molecule is C=CCCCCC[n+]1cc[nH]c1. The lowest BCUT2D eigenvalue weighted by molar-refractivity contribution is -0.696. The summed E-state index contributed by atoms with van der Waals surface area (Å²) in [6.45, 7) is 4.82. The Hall–Kier alpha value is -1.05. The predicted molar refractivity (Wildman–Crippen MR) is 49.7 cm³/mol. The third-order valence-corrected chi connectivity index (χ3v) is 1.93. The Kier molecular flexibility index (Phi) is 4.21. The molecular formula is C10H17N2+. The molecule has 2 nitrogen and oxygen atoms in total. The number of allylic oxidation sites excluding steroid dienone is 1. The van der Waals surface area contributed by atoms with E-state index in [1.165, 1.54) is 19.3 Å². The normalized spacial score (nSPS) is 10.0. The molecule has 0 spiro atoms. The summed E-state index contributed by atoms with van der Waals surface area (Å²) in [4.78, 5) is 3.03. The average Bonchev–Trinajstić information content (AvgIpc) is 2.57. The molecule has 0 aromatic carbocycles. The van der Waals surface area contributed by atoms with Crippen LogP contribution >= 0.6 is 0 Å². The molecule has 1 aromatic heterocycles. The minimum absolute atomic E-state index is 1.13. The Bertz CT molecular complexity index is 202. The van der Waals surface area contributed by atoms with Gasteiger partial charge in [0.15, 0.2) is 0 Å². The van der Waals surface area contributed by atoms with Crippen LogP contribution in [-0.4, -0.2) is 4.98 Å². The Morgan fingerprint density at radius 1 is 1.33 bits per heavy atom. The minimum atomic E-state index is 1.13. The van der Waals surface area contributed by atoms with E-state index in [4.69, 9.17) is 0 Å². The molecule has 12 heavy (non-hydrogen) atoms. The van der Waals surface area contributed by atoms with Gasteiger partial charge in [-0.25, -0.2) is 4.57 Å². The summed E-state index contributed by atoms with van der Waals surface area (Å²) in [7, 11) is 0. The summed E-state index contributed by atoms with van der Waals surface area (Å²) in [6, 6.07) is 0. The van der Waals surface area contributed by atoms with Gasteiger partial charge < -0.3 is 0 Å². The summed E-state index contributed by atoms with van der Waals surface area (Å²) < 4.78 is 2.17. The number of aromatic nitrogens is 2. The number of rotatable bonds is 6. The number of aromatic amines is 1. The van der Waals surface area contributed by atoms with E-state index in [1.807, 2.05) is 18.6 Å². The number of nitrogens with zero attached hydrogens (tertiary/aromatic N) is 1. The lowest BCUT2D eigenvalue weighted by atomic mass is 10.2. The van der Waals surface area contributed by atoms with Crippen LogP contribution in [-0.2, 0) is 6.54 Å². The van der Waals surface area contributed by atoms with E-state index >= 15 is 0 Å². The molecule has 2 heteroatoms. The van der Waals surface area contributed by atoms with E-state index in [2.05, 4.69) is 22.3 Å². The molecule has 1 N–H and O–H groups in total. The standard InChI is InChI=1S/C10H16N2/c1-2-3-4-5-6-8-12-9-7-11-10-12/h2,7,9-10H,1,3-6,8H2/p+1. The second kappa shape index (κ2) is 5.58. The van der Waals surface area contributed by atoms with Crippen LogP contribution in [0.4, 0.5) is 0 Å². The van der Waals surface area contributed by atoms with Crippen molar-refractivity contribution in [1.29, 1.82) is 0 Å². The van der Waals surface area contributed by atoms with Gasteiger partial charge in [0.1, 0.15) is 12.4 Å². The molecule has 0 bridgehead atoms. The maximum atomic E-state index is 3.70. The number of aryl methyl sites for hydroxylation is 1. The van der Waals surface area contributed by atoms with Crippen LogP contribution in [0.1, 0.15) is 25.7 Å². The van der Waals surface area contributed by atoms with Gasteiger partial charge in [-0.1, -0.05) is 6.08 Å². The lowest BCUT2D eigenvalue weighted by Gasteiger charge is -1.95. The molecule has 0 fully saturated rings. The highest BCUT2D eigenvalue weighted by molar-refractivity contribution is 4.65. The molecule has 0 radical (unpaired) electrons. The van der Waals surface area contributed by atoms with Crippen molar-refractivity contribution in [3.8, 4) is 0 Å². The number of hydrogen-bond donors (Lipinski definition) is 1. The molecule has 1 aromatic rings. The number of imidazole rings is 1. The van der Waals surface area contributed by atoms with Crippen molar-refractivity contribution in [3.05, 3.63) is 31.4 Å². The van der Waals surface area contributed by atoms with Crippen molar-refractivity contribution >= 4 is 0 Å². The van der Waals surface area contributed by atoms with Gasteiger partial charge in [-0.05, 0) is 25.7 Å². The van der Waals surface area contributed by atoms with E-state index in [0.29, 0.717) is 0 Å². The Morgan fingerprint density at radius 2 is 2.25 bits per heavy atom. The molecule has 0 aliphatic rings. The Labute approximate surface area is 73.9 Å². The van der Waals surface area contributed by atoms with Crippen molar-refractivity contribution in [2.75, 3.05) is 0 Å². The first-order chi connectivity index (χ1) is 5.93. The third-order valence-electron chi connectivity index (χ3n) is 1.93. The van der Waals surface area contributed by atoms with E-state index < -0.39 is 0 Å². The van der Waals surface area contributed by atoms with Gasteiger partial charge in [0, 0.05) is 0 Å². The minimum Gasteiger partial charge on any atom is -0.250 e. The first-order valence-electron chi connectivity index (χ1n) is 4.56. The molecule has 1 rings (SSSR count). The van der Waals surface area contributed by atoms with Crippen molar-refractivity contribution in [2.24, 2.45) is 0 Å². The van der Waals surface area contributed by atoms with Crippen LogP contribution in [0.5, 0.6) is 0 Å². The highest BCUT2D eigenvalue weighted by atomic mass is 15.0. The van der Waals surface area contributed by atoms with Crippen LogP contribution in [0.25, 0.3) is 0 Å². The fourth-order valence-electron chi connectivity index (χ4n) is 1.22. The number of hydrogen-bond acceptors (Lipinski definition) is 0. The number of nitrogens with one attached hydrogen (secondary N) is 1. The first kappa shape index (κ1) is 9.04. The van der Waals surface area contributed by atoms with Crippen molar-refractivity contribution in [2.45, 2.75) is 32.2 Å². The maximum Gasteiger partial charge on any atom is 0.241 e. The first-order valence-corrected chi connectivity index (χ1v) is 4.56. The molecule has 0 saturated carbocycles. The molecular weight excluding hydrogens is 148 g/mol. The van der Waals surface area contributed by atoms with Gasteiger partial charge in [0.2, 0.25) is 6.33 Å². The third kappa shape index (κ3) is 3.37. The zero-order chi connectivity index (χ0) is 8.65. The topological polar surface area (TPSA) is 19.7 Å². The van der Waals surface area contributed by atoms with Crippen LogP contribution in [0.2, 0.25) is 0 Å². The van der Waals surface area contributed by atoms with E-state index in [0.717, 1.165) is 13.0 Å². The number of unbranched alkanes of at least 4 members (excludes halogenated alkanes) is 3. The lowest BCUT2D eigenvalue weighted by Crippen LogP contribution is -2.30. The van der Waals surface area contributed by atoms with Gasteiger partial charge in [-0.3, -0.25) is 4.98 Å². The Morgan fingerprint density at radius 3 is 2.92 bits per heavy atom. The zero-order valence-electron chi connectivity index (χ0n) is 7.50. The summed E-state index contributed by atoms with van der Waals surface area (Å²) in [5.41, 5.74) is 0. The second-order valence-corrected chi connectivity index (χ2v) is 2.99. The van der Waals surface area contributed by atoms with Crippen molar-refractivity contribution < 1.29 is 4.57 Å². The van der Waals surface area contributed by atoms with Crippen molar-refractivity contribution in [1.82, 2.24) is 4.98 Å². The Balaban J connectivity index is 2.00. The molecule has 1 heterocycles. The predicted octanol–water partition coefficient (Wildman–Crippen LogP) is 2.05. The second-order valence-electron chi connectivity index (χ2n) is 2.99. The molecule has 0 aliphatic carbocycles. The van der Waals surface area contributed by atoms with E-state index in [1.54, 1.807) is 0 Å². The highest BCUT2D eigenvalue weighted by Gasteiger charge is 1.94. The highest BCUT2D eigenvalue weighted by Crippen LogP contribution is 1.99. The fourth-order valence-corrected chi connectivity index (χ4v) is 1.22. The summed E-state index contributed by atoms with van der Waals surface area (Å²) >= 11 is 0. The largest absolute Gasteiger partial charge is 0.250 e. The molecule has 0 atom stereocenters. The van der Waals surface area contributed by atoms with Gasteiger partial charge in [0.25, 0.3) is 0 Å². The quantitative estimate of drug-likeness (QED) is 0.378. The van der Waals surface area contributed by atoms with Crippen molar-refractivity contribution in [3.63, 3.8) is 0 Å². The van der Waals surface area contributed by atoms with Gasteiger partial charge >= 0.3 is 0 Å². The average molecular weight is 165 g/mol. The van der Waals surface area contributed by atoms with E-state index in [-0.39, 0.29) is 0 Å². The molecule has 0 unspecified atom stereocenters. The number of H-pyrrole nitrogens is 1. The van der Waals surface area contributed by atoms with Gasteiger partial charge in [-0.15, -0.1) is 6.58 Å². The summed E-state index contributed by atoms with van der Waals surface area (Å²) in [6.07, 6.45) is 13.0. The zero-order valence-corrected chi connectivity index (χ0v) is 7.50. The van der Waals surface area contributed by atoms with Gasteiger partial charge in [-0.2, -0.15) is 0 Å². The monoisotopic (exact) mass is 165 g/mol. The van der Waals surface area contributed by atoms with E-state index in [9.17, 15) is 0 Å². The molecule has 66 valence electrons. The fraction of sp³-hybridized carbons (Fsp3) is 0.500. The van der Waals surface area contributed by atoms with Crippen LogP contribution in [0, 0.1) is 0 Å². The van der Waals surface area contributed by atoms with Crippen LogP contribution < -0.4 is 4.57 Å². The maximum absolute atomic E-state index is 3.70.